The van der Waals surface area contributed by atoms with Crippen molar-refractivity contribution in [2.75, 3.05) is 19.7 Å². The lowest BCUT2D eigenvalue weighted by Crippen LogP contribution is -2.44. The SMILES string of the molecule is CC1CC(C)CN(C(=O)COC(=O)c2cncn2-c2ccc(F)cc2)C1. The molecule has 6 nitrogen and oxygen atoms in total. The van der Waals surface area contributed by atoms with Crippen molar-refractivity contribution < 1.29 is 18.7 Å². The van der Waals surface area contributed by atoms with Gasteiger partial charge in [0, 0.05) is 18.8 Å². The number of carbonyl (C=O) groups is 2. The zero-order valence-electron chi connectivity index (χ0n) is 14.9. The molecule has 1 aromatic heterocycles. The highest BCUT2D eigenvalue weighted by Gasteiger charge is 2.26. The van der Waals surface area contributed by atoms with E-state index in [9.17, 15) is 14.0 Å². The molecule has 1 fully saturated rings. The van der Waals surface area contributed by atoms with Crippen LogP contribution >= 0.6 is 0 Å². The first-order valence-electron chi connectivity index (χ1n) is 8.67. The molecule has 7 heteroatoms. The highest BCUT2D eigenvalue weighted by Crippen LogP contribution is 2.21. The molecule has 0 aliphatic carbocycles. The van der Waals surface area contributed by atoms with Crippen LogP contribution in [0.25, 0.3) is 5.69 Å². The molecule has 3 rings (SSSR count). The van der Waals surface area contributed by atoms with Gasteiger partial charge in [-0.15, -0.1) is 0 Å². The number of likely N-dealkylation sites (tertiary alicyclic amines) is 1. The number of esters is 1. The Hall–Kier alpha value is -2.70. The number of hydrogen-bond donors (Lipinski definition) is 0. The van der Waals surface area contributed by atoms with Gasteiger partial charge >= 0.3 is 5.97 Å². The molecule has 1 saturated heterocycles. The Morgan fingerprint density at radius 1 is 1.19 bits per heavy atom. The molecule has 1 aliphatic heterocycles. The van der Waals surface area contributed by atoms with Crippen LogP contribution < -0.4 is 0 Å². The van der Waals surface area contributed by atoms with Gasteiger partial charge in [-0.25, -0.2) is 14.2 Å². The summed E-state index contributed by atoms with van der Waals surface area (Å²) < 4.78 is 19.8. The second kappa shape index (κ2) is 7.68. The van der Waals surface area contributed by atoms with E-state index in [2.05, 4.69) is 18.8 Å². The Bertz CT molecular complexity index is 778. The summed E-state index contributed by atoms with van der Waals surface area (Å²) in [5.41, 5.74) is 0.769. The summed E-state index contributed by atoms with van der Waals surface area (Å²) in [7, 11) is 0. The van der Waals surface area contributed by atoms with Crippen LogP contribution in [0.4, 0.5) is 4.39 Å². The van der Waals surface area contributed by atoms with Crippen molar-refractivity contribution in [1.82, 2.24) is 14.5 Å². The maximum atomic E-state index is 13.1. The first kappa shape index (κ1) is 18.1. The van der Waals surface area contributed by atoms with Gasteiger partial charge in [0.2, 0.25) is 0 Å². The number of rotatable bonds is 4. The van der Waals surface area contributed by atoms with Crippen LogP contribution in [0.2, 0.25) is 0 Å². The third kappa shape index (κ3) is 4.09. The largest absolute Gasteiger partial charge is 0.451 e. The van der Waals surface area contributed by atoms with Crippen molar-refractivity contribution in [3.63, 3.8) is 0 Å². The van der Waals surface area contributed by atoms with E-state index >= 15 is 0 Å². The summed E-state index contributed by atoms with van der Waals surface area (Å²) in [4.78, 5) is 30.4. The summed E-state index contributed by atoms with van der Waals surface area (Å²) in [5.74, 6) is -0.312. The van der Waals surface area contributed by atoms with Crippen molar-refractivity contribution >= 4 is 11.9 Å². The van der Waals surface area contributed by atoms with Crippen molar-refractivity contribution in [2.45, 2.75) is 20.3 Å². The standard InChI is InChI=1S/C19H22FN3O3/c1-13-7-14(2)10-22(9-13)18(24)11-26-19(25)17-8-21-12-23(17)16-5-3-15(20)4-6-16/h3-6,8,12-14H,7,9-11H2,1-2H3. The fourth-order valence-electron chi connectivity index (χ4n) is 3.41. The Balaban J connectivity index is 1.63. The number of aromatic nitrogens is 2. The summed E-state index contributed by atoms with van der Waals surface area (Å²) in [6, 6.07) is 5.67. The summed E-state index contributed by atoms with van der Waals surface area (Å²) in [6.07, 6.45) is 3.90. The number of halogens is 1. The molecular formula is C19H22FN3O3. The van der Waals surface area contributed by atoms with E-state index in [4.69, 9.17) is 4.74 Å². The molecule has 2 unspecified atom stereocenters. The van der Waals surface area contributed by atoms with Gasteiger partial charge in [0.25, 0.3) is 5.91 Å². The topological polar surface area (TPSA) is 64.4 Å². The predicted octanol–water partition coefficient (Wildman–Crippen LogP) is 2.67. The maximum absolute atomic E-state index is 13.1. The molecule has 1 aliphatic rings. The molecule has 2 aromatic rings. The van der Waals surface area contributed by atoms with Crippen LogP contribution in [-0.4, -0.2) is 46.0 Å². The summed E-state index contributed by atoms with van der Waals surface area (Å²) in [6.45, 7) is 5.31. The van der Waals surface area contributed by atoms with E-state index < -0.39 is 5.97 Å². The Labute approximate surface area is 151 Å². The number of amides is 1. The molecule has 138 valence electrons. The second-order valence-corrected chi connectivity index (χ2v) is 6.95. The van der Waals surface area contributed by atoms with Gasteiger partial charge in [-0.2, -0.15) is 0 Å². The number of nitrogens with zero attached hydrogens (tertiary/aromatic N) is 3. The highest BCUT2D eigenvalue weighted by molar-refractivity contribution is 5.90. The van der Waals surface area contributed by atoms with E-state index in [1.54, 1.807) is 4.90 Å². The number of ether oxygens (including phenoxy) is 1. The Morgan fingerprint density at radius 3 is 2.50 bits per heavy atom. The van der Waals surface area contributed by atoms with Gasteiger partial charge in [-0.3, -0.25) is 9.36 Å². The zero-order valence-corrected chi connectivity index (χ0v) is 14.9. The van der Waals surface area contributed by atoms with Gasteiger partial charge in [-0.05, 0) is 42.5 Å². The van der Waals surface area contributed by atoms with Crippen LogP contribution in [-0.2, 0) is 9.53 Å². The number of carbonyl (C=O) groups excluding carboxylic acids is 2. The van der Waals surface area contributed by atoms with Crippen LogP contribution in [0.15, 0.2) is 36.8 Å². The minimum absolute atomic E-state index is 0.185. The number of piperidine rings is 1. The van der Waals surface area contributed by atoms with Gasteiger partial charge in [0.1, 0.15) is 5.82 Å². The summed E-state index contributed by atoms with van der Waals surface area (Å²) in [5, 5.41) is 0. The number of benzene rings is 1. The minimum Gasteiger partial charge on any atom is -0.451 e. The van der Waals surface area contributed by atoms with E-state index in [1.165, 1.54) is 41.4 Å². The fraction of sp³-hybridized carbons (Fsp3) is 0.421. The minimum atomic E-state index is -0.640. The van der Waals surface area contributed by atoms with Gasteiger partial charge < -0.3 is 9.64 Å². The molecule has 2 heterocycles. The third-order valence-corrected chi connectivity index (χ3v) is 4.50. The third-order valence-electron chi connectivity index (χ3n) is 4.50. The van der Waals surface area contributed by atoms with E-state index in [0.29, 0.717) is 30.6 Å². The average Bonchev–Trinajstić information content (AvgIpc) is 3.09. The summed E-state index contributed by atoms with van der Waals surface area (Å²) >= 11 is 0. The molecule has 0 N–H and O–H groups in total. The van der Waals surface area contributed by atoms with Crippen molar-refractivity contribution in [1.29, 1.82) is 0 Å². The number of imidazole rings is 1. The predicted molar refractivity (Wildman–Crippen MR) is 93.3 cm³/mol. The second-order valence-electron chi connectivity index (χ2n) is 6.95. The van der Waals surface area contributed by atoms with Crippen molar-refractivity contribution in [2.24, 2.45) is 11.8 Å². The first-order chi connectivity index (χ1) is 12.4. The first-order valence-corrected chi connectivity index (χ1v) is 8.67. The molecular weight excluding hydrogens is 337 g/mol. The van der Waals surface area contributed by atoms with Gasteiger partial charge in [-0.1, -0.05) is 13.8 Å². The van der Waals surface area contributed by atoms with Gasteiger partial charge in [0.15, 0.2) is 12.3 Å². The van der Waals surface area contributed by atoms with Crippen LogP contribution in [0.1, 0.15) is 30.8 Å². The van der Waals surface area contributed by atoms with Crippen molar-refractivity contribution in [3.8, 4) is 5.69 Å². The molecule has 2 atom stereocenters. The number of hydrogen-bond acceptors (Lipinski definition) is 4. The van der Waals surface area contributed by atoms with Crippen molar-refractivity contribution in [3.05, 3.63) is 48.3 Å². The molecule has 0 spiro atoms. The monoisotopic (exact) mass is 359 g/mol. The van der Waals surface area contributed by atoms with E-state index in [1.807, 2.05) is 0 Å². The Kier molecular flexibility index (Phi) is 5.35. The molecule has 1 aromatic carbocycles. The van der Waals surface area contributed by atoms with E-state index in [-0.39, 0.29) is 24.0 Å². The highest BCUT2D eigenvalue weighted by atomic mass is 19.1. The fourth-order valence-corrected chi connectivity index (χ4v) is 3.41. The smallest absolute Gasteiger partial charge is 0.357 e. The molecule has 0 saturated carbocycles. The van der Waals surface area contributed by atoms with Gasteiger partial charge in [0.05, 0.1) is 12.5 Å². The van der Waals surface area contributed by atoms with E-state index in [0.717, 1.165) is 6.42 Å². The maximum Gasteiger partial charge on any atom is 0.357 e. The Morgan fingerprint density at radius 2 is 1.85 bits per heavy atom. The molecule has 26 heavy (non-hydrogen) atoms. The lowest BCUT2D eigenvalue weighted by molar-refractivity contribution is -0.137. The van der Waals surface area contributed by atoms with Crippen LogP contribution in [0.3, 0.4) is 0 Å². The van der Waals surface area contributed by atoms with Crippen LogP contribution in [0.5, 0.6) is 0 Å². The quantitative estimate of drug-likeness (QED) is 0.788. The normalized spacial score (nSPS) is 20.0. The lowest BCUT2D eigenvalue weighted by Gasteiger charge is -2.34. The van der Waals surface area contributed by atoms with Crippen LogP contribution in [0, 0.1) is 17.7 Å². The lowest BCUT2D eigenvalue weighted by atomic mass is 9.92. The zero-order chi connectivity index (χ0) is 18.7. The molecule has 0 radical (unpaired) electrons. The molecule has 1 amide bonds. The average molecular weight is 359 g/mol. The molecule has 0 bridgehead atoms.